The van der Waals surface area contributed by atoms with Crippen molar-refractivity contribution >= 4 is 12.0 Å². The van der Waals surface area contributed by atoms with Crippen molar-refractivity contribution < 1.29 is 27.4 Å². The molecule has 0 fully saturated rings. The van der Waals surface area contributed by atoms with Gasteiger partial charge in [-0.1, -0.05) is 24.3 Å². The van der Waals surface area contributed by atoms with Crippen LogP contribution in [0, 0.1) is 11.3 Å². The first-order chi connectivity index (χ1) is 16.8. The van der Waals surface area contributed by atoms with Gasteiger partial charge in [0.1, 0.15) is 18.2 Å². The van der Waals surface area contributed by atoms with Crippen molar-refractivity contribution in [3.8, 4) is 17.6 Å². The van der Waals surface area contributed by atoms with Gasteiger partial charge in [0.2, 0.25) is 0 Å². The summed E-state index contributed by atoms with van der Waals surface area (Å²) in [5, 5.41) is 12.1. The molecule has 3 aromatic rings. The molecule has 0 radical (unpaired) electrons. The summed E-state index contributed by atoms with van der Waals surface area (Å²) < 4.78 is 50.1. The van der Waals surface area contributed by atoms with E-state index in [1.807, 2.05) is 6.07 Å². The largest absolute Gasteiger partial charge is 0.490 e. The Bertz CT molecular complexity index is 1240. The summed E-state index contributed by atoms with van der Waals surface area (Å²) in [5.41, 5.74) is 0.654. The van der Waals surface area contributed by atoms with E-state index in [1.165, 1.54) is 18.2 Å². The molecule has 1 aromatic heterocycles. The van der Waals surface area contributed by atoms with E-state index >= 15 is 0 Å². The maximum Gasteiger partial charge on any atom is 0.416 e. The Balaban J connectivity index is 1.73. The second kappa shape index (κ2) is 11.7. The van der Waals surface area contributed by atoms with Crippen LogP contribution < -0.4 is 14.8 Å². The number of carbonyl (C=O) groups is 1. The van der Waals surface area contributed by atoms with Gasteiger partial charge in [0.15, 0.2) is 11.5 Å². The molecule has 1 heterocycles. The van der Waals surface area contributed by atoms with Crippen molar-refractivity contribution in [1.82, 2.24) is 10.3 Å². The van der Waals surface area contributed by atoms with Crippen molar-refractivity contribution in [1.29, 1.82) is 5.26 Å². The molecule has 1 N–H and O–H groups in total. The normalized spacial score (nSPS) is 11.5. The number of carbonyl (C=O) groups excluding carboxylic acids is 1. The number of nitrogens with one attached hydrogen (secondary N) is 1. The highest BCUT2D eigenvalue weighted by molar-refractivity contribution is 6.01. The van der Waals surface area contributed by atoms with Gasteiger partial charge < -0.3 is 14.8 Å². The Kier molecular flexibility index (Phi) is 8.46. The van der Waals surface area contributed by atoms with Crippen LogP contribution in [-0.2, 0) is 24.1 Å². The topological polar surface area (TPSA) is 84.2 Å². The number of halogens is 3. The maximum absolute atomic E-state index is 12.9. The van der Waals surface area contributed by atoms with Crippen molar-refractivity contribution in [3.63, 3.8) is 0 Å². The van der Waals surface area contributed by atoms with Gasteiger partial charge in [0.25, 0.3) is 5.91 Å². The Morgan fingerprint density at radius 2 is 1.91 bits per heavy atom. The van der Waals surface area contributed by atoms with Gasteiger partial charge in [-0.25, -0.2) is 0 Å². The van der Waals surface area contributed by atoms with Crippen LogP contribution in [-0.4, -0.2) is 17.5 Å². The third-order valence-corrected chi connectivity index (χ3v) is 4.75. The van der Waals surface area contributed by atoms with Crippen molar-refractivity contribution in [2.24, 2.45) is 0 Å². The lowest BCUT2D eigenvalue weighted by molar-refractivity contribution is -0.137. The molecular weight excluding hydrogens is 459 g/mol. The van der Waals surface area contributed by atoms with Gasteiger partial charge in [-0.2, -0.15) is 18.4 Å². The van der Waals surface area contributed by atoms with E-state index in [9.17, 15) is 23.2 Å². The first kappa shape index (κ1) is 25.3. The van der Waals surface area contributed by atoms with E-state index in [0.717, 1.165) is 12.1 Å². The summed E-state index contributed by atoms with van der Waals surface area (Å²) >= 11 is 0. The van der Waals surface area contributed by atoms with Crippen LogP contribution in [0.25, 0.3) is 6.08 Å². The molecule has 9 heteroatoms. The Morgan fingerprint density at radius 3 is 2.60 bits per heavy atom. The quantitative estimate of drug-likeness (QED) is 0.331. The minimum Gasteiger partial charge on any atom is -0.490 e. The number of ether oxygens (including phenoxy) is 2. The van der Waals surface area contributed by atoms with Crippen LogP contribution >= 0.6 is 0 Å². The molecule has 0 saturated heterocycles. The summed E-state index contributed by atoms with van der Waals surface area (Å²) in [6.07, 6.45) is -1.43. The number of alkyl halides is 3. The fourth-order valence-electron chi connectivity index (χ4n) is 3.08. The Hall–Kier alpha value is -4.32. The lowest BCUT2D eigenvalue weighted by Gasteiger charge is -2.14. The highest BCUT2D eigenvalue weighted by Gasteiger charge is 2.30. The minimum absolute atomic E-state index is 0.0987. The van der Waals surface area contributed by atoms with Crippen LogP contribution in [0.4, 0.5) is 13.2 Å². The first-order valence-corrected chi connectivity index (χ1v) is 10.7. The molecule has 0 atom stereocenters. The third kappa shape index (κ3) is 7.33. The Labute approximate surface area is 200 Å². The van der Waals surface area contributed by atoms with Gasteiger partial charge in [-0.15, -0.1) is 0 Å². The van der Waals surface area contributed by atoms with Crippen LogP contribution in [0.5, 0.6) is 11.5 Å². The summed E-state index contributed by atoms with van der Waals surface area (Å²) in [5.74, 6) is 0.0971. The highest BCUT2D eigenvalue weighted by Crippen LogP contribution is 2.32. The van der Waals surface area contributed by atoms with E-state index in [1.54, 1.807) is 49.5 Å². The number of nitriles is 1. The summed E-state index contributed by atoms with van der Waals surface area (Å²) in [7, 11) is 0. The molecule has 0 aliphatic heterocycles. The molecule has 0 bridgehead atoms. The molecule has 0 saturated carbocycles. The van der Waals surface area contributed by atoms with E-state index in [2.05, 4.69) is 10.3 Å². The van der Waals surface area contributed by atoms with Crippen LogP contribution in [0.2, 0.25) is 0 Å². The summed E-state index contributed by atoms with van der Waals surface area (Å²) in [4.78, 5) is 16.5. The summed E-state index contributed by atoms with van der Waals surface area (Å²) in [6.45, 7) is 2.15. The van der Waals surface area contributed by atoms with Gasteiger partial charge in [0, 0.05) is 6.20 Å². The Morgan fingerprint density at radius 1 is 1.09 bits per heavy atom. The predicted octanol–water partition coefficient (Wildman–Crippen LogP) is 5.30. The monoisotopic (exact) mass is 481 g/mol. The molecule has 6 nitrogen and oxygen atoms in total. The van der Waals surface area contributed by atoms with Crippen LogP contribution in [0.15, 0.2) is 72.4 Å². The number of nitrogens with zero attached hydrogens (tertiary/aromatic N) is 2. The zero-order valence-corrected chi connectivity index (χ0v) is 18.8. The molecular formula is C26H22F3N3O3. The molecule has 1 amide bonds. The van der Waals surface area contributed by atoms with Gasteiger partial charge >= 0.3 is 6.18 Å². The van der Waals surface area contributed by atoms with Crippen LogP contribution in [0.1, 0.15) is 29.3 Å². The molecule has 0 aliphatic carbocycles. The molecule has 0 aliphatic rings. The molecule has 2 aromatic carbocycles. The van der Waals surface area contributed by atoms with E-state index in [-0.39, 0.29) is 18.7 Å². The second-order valence-corrected chi connectivity index (χ2v) is 7.30. The number of rotatable bonds is 9. The van der Waals surface area contributed by atoms with Crippen molar-refractivity contribution in [2.45, 2.75) is 26.3 Å². The third-order valence-electron chi connectivity index (χ3n) is 4.75. The zero-order chi connectivity index (χ0) is 25.3. The maximum atomic E-state index is 12.9. The zero-order valence-electron chi connectivity index (χ0n) is 18.8. The lowest BCUT2D eigenvalue weighted by Crippen LogP contribution is -2.24. The van der Waals surface area contributed by atoms with Gasteiger partial charge in [0.05, 0.1) is 24.4 Å². The summed E-state index contributed by atoms with van der Waals surface area (Å²) in [6, 6.07) is 16.9. The van der Waals surface area contributed by atoms with E-state index in [4.69, 9.17) is 9.47 Å². The average molecular weight is 481 g/mol. The fourth-order valence-corrected chi connectivity index (χ4v) is 3.08. The number of aromatic nitrogens is 1. The van der Waals surface area contributed by atoms with Gasteiger partial charge in [-0.05, 0) is 60.5 Å². The van der Waals surface area contributed by atoms with Crippen LogP contribution in [0.3, 0.4) is 0 Å². The smallest absolute Gasteiger partial charge is 0.416 e. The highest BCUT2D eigenvalue weighted by atomic mass is 19.4. The molecule has 0 spiro atoms. The first-order valence-electron chi connectivity index (χ1n) is 10.7. The number of benzene rings is 2. The van der Waals surface area contributed by atoms with Gasteiger partial charge in [-0.3, -0.25) is 9.78 Å². The molecule has 3 rings (SSSR count). The molecule has 35 heavy (non-hydrogen) atoms. The standard InChI is InChI=1S/C26H22F3N3O3/c1-2-34-24-14-18(12-20(15-30)25(33)32-16-22-8-3-4-11-31-22)9-10-23(24)35-17-19-6-5-7-21(13-19)26(27,28)29/h3-14H,2,16-17H2,1H3,(H,32,33)/b20-12-. The minimum atomic E-state index is -4.44. The number of pyridine rings is 1. The fraction of sp³-hybridized carbons (Fsp3) is 0.192. The van der Waals surface area contributed by atoms with Crippen molar-refractivity contribution in [2.75, 3.05) is 6.61 Å². The average Bonchev–Trinajstić information content (AvgIpc) is 2.86. The SMILES string of the molecule is CCOc1cc(/C=C(/C#N)C(=O)NCc2ccccn2)ccc1OCc1cccc(C(F)(F)F)c1. The molecule has 180 valence electrons. The van der Waals surface area contributed by atoms with E-state index in [0.29, 0.717) is 34.9 Å². The number of amides is 1. The van der Waals surface area contributed by atoms with Crippen molar-refractivity contribution in [3.05, 3.63) is 94.8 Å². The second-order valence-electron chi connectivity index (χ2n) is 7.30. The number of hydrogen-bond acceptors (Lipinski definition) is 5. The number of hydrogen-bond donors (Lipinski definition) is 1. The van der Waals surface area contributed by atoms with E-state index < -0.39 is 17.6 Å². The lowest BCUT2D eigenvalue weighted by atomic mass is 10.1. The molecule has 0 unspecified atom stereocenters. The predicted molar refractivity (Wildman–Crippen MR) is 123 cm³/mol.